The molecule has 2 amide bonds. The van der Waals surface area contributed by atoms with Gasteiger partial charge in [-0.05, 0) is 62.0 Å². The summed E-state index contributed by atoms with van der Waals surface area (Å²) in [4.78, 5) is 47.2. The molecule has 3 aromatic rings. The second kappa shape index (κ2) is 13.2. The molecular formula is C26H28ClN5O4S. The van der Waals surface area contributed by atoms with Crippen LogP contribution in [-0.4, -0.2) is 64.1 Å². The van der Waals surface area contributed by atoms with Crippen LogP contribution < -0.4 is 16.0 Å². The van der Waals surface area contributed by atoms with E-state index in [1.165, 1.54) is 36.4 Å². The van der Waals surface area contributed by atoms with Crippen LogP contribution in [0.25, 0.3) is 0 Å². The molecule has 0 aliphatic carbocycles. The predicted octanol–water partition coefficient (Wildman–Crippen LogP) is 2.84. The second-order valence-corrected chi connectivity index (χ2v) is 9.27. The maximum atomic E-state index is 13.0. The van der Waals surface area contributed by atoms with Crippen LogP contribution in [0.5, 0.6) is 5.75 Å². The molecule has 11 heteroatoms. The summed E-state index contributed by atoms with van der Waals surface area (Å²) in [5.41, 5.74) is 1.24. The van der Waals surface area contributed by atoms with Gasteiger partial charge in [-0.2, -0.15) is 0 Å². The van der Waals surface area contributed by atoms with Crippen molar-refractivity contribution in [3.05, 3.63) is 83.4 Å². The molecular weight excluding hydrogens is 514 g/mol. The van der Waals surface area contributed by atoms with E-state index in [9.17, 15) is 19.5 Å². The van der Waals surface area contributed by atoms with Gasteiger partial charge in [-0.3, -0.25) is 14.4 Å². The Labute approximate surface area is 225 Å². The third-order valence-electron chi connectivity index (χ3n) is 6.02. The number of thioether (sulfide) groups is 1. The Kier molecular flexibility index (Phi) is 10.0. The first-order chi connectivity index (χ1) is 17.5. The molecule has 0 unspecified atom stereocenters. The Morgan fingerprint density at radius 2 is 1.73 bits per heavy atom. The Hall–Kier alpha value is -3.47. The molecule has 1 aliphatic heterocycles. The van der Waals surface area contributed by atoms with Gasteiger partial charge in [0.2, 0.25) is 0 Å². The molecule has 194 valence electrons. The highest BCUT2D eigenvalue weighted by atomic mass is 35.5. The van der Waals surface area contributed by atoms with Crippen molar-refractivity contribution in [3.63, 3.8) is 0 Å². The molecule has 1 aliphatic rings. The summed E-state index contributed by atoms with van der Waals surface area (Å²) in [6.45, 7) is 1.29. The number of carbonyl (C=O) groups excluding carboxylic acids is 3. The number of halogens is 1. The van der Waals surface area contributed by atoms with E-state index >= 15 is 0 Å². The molecule has 1 fully saturated rings. The molecule has 0 spiro atoms. The van der Waals surface area contributed by atoms with Crippen LogP contribution in [-0.2, 0) is 0 Å². The van der Waals surface area contributed by atoms with E-state index in [-0.39, 0.29) is 59.1 Å². The Morgan fingerprint density at radius 3 is 2.43 bits per heavy atom. The molecule has 2 aromatic carbocycles. The highest BCUT2D eigenvalue weighted by Crippen LogP contribution is 2.26. The minimum absolute atomic E-state index is 0. The monoisotopic (exact) mass is 541 g/mol. The van der Waals surface area contributed by atoms with Gasteiger partial charge in [0.15, 0.2) is 5.78 Å². The number of nitrogens with one attached hydrogen (secondary N) is 3. The van der Waals surface area contributed by atoms with Gasteiger partial charge < -0.3 is 21.1 Å². The lowest BCUT2D eigenvalue weighted by atomic mass is 10.00. The van der Waals surface area contributed by atoms with Crippen molar-refractivity contribution >= 4 is 41.8 Å². The van der Waals surface area contributed by atoms with Gasteiger partial charge in [0, 0.05) is 28.8 Å². The molecule has 2 heterocycles. The number of amides is 2. The number of phenols is 1. The SMILES string of the molecule is CSc1ccc(O)c(C(=O)c2ccc(C(=O)N[C@@H]3CCCNC[C@H]3NC(=O)c3ccncn3)cc2)c1.Cl. The first-order valence-electron chi connectivity index (χ1n) is 11.6. The van der Waals surface area contributed by atoms with E-state index in [0.717, 1.165) is 17.9 Å². The first-order valence-corrected chi connectivity index (χ1v) is 12.8. The molecule has 1 aromatic heterocycles. The Morgan fingerprint density at radius 1 is 1.00 bits per heavy atom. The normalized spacial score (nSPS) is 17.1. The van der Waals surface area contributed by atoms with Gasteiger partial charge in [-0.15, -0.1) is 24.2 Å². The smallest absolute Gasteiger partial charge is 0.270 e. The van der Waals surface area contributed by atoms with Crippen molar-refractivity contribution < 1.29 is 19.5 Å². The number of benzene rings is 2. The Bertz CT molecular complexity index is 1240. The number of hydrogen-bond donors (Lipinski definition) is 4. The minimum Gasteiger partial charge on any atom is -0.507 e. The van der Waals surface area contributed by atoms with Crippen molar-refractivity contribution in [2.45, 2.75) is 29.8 Å². The van der Waals surface area contributed by atoms with Crippen molar-refractivity contribution in [1.29, 1.82) is 0 Å². The first kappa shape index (κ1) is 28.1. The quantitative estimate of drug-likeness (QED) is 0.265. The molecule has 2 atom stereocenters. The lowest BCUT2D eigenvalue weighted by Gasteiger charge is -2.27. The van der Waals surface area contributed by atoms with E-state index in [1.54, 1.807) is 36.4 Å². The summed E-state index contributed by atoms with van der Waals surface area (Å²) < 4.78 is 0. The molecule has 0 saturated carbocycles. The molecule has 0 bridgehead atoms. The standard InChI is InChI=1S/C26H27N5O4S.ClH/c1-36-18-8-9-23(32)19(13-18)24(33)16-4-6-17(7-5-16)25(34)30-20-3-2-11-27-14-22(20)31-26(35)21-10-12-28-15-29-21;/h4-10,12-13,15,20,22,27,32H,2-3,11,14H2,1H3,(H,30,34)(H,31,35);1H/t20-,22-;/m1./s1. The second-order valence-electron chi connectivity index (χ2n) is 8.39. The van der Waals surface area contributed by atoms with E-state index in [4.69, 9.17) is 0 Å². The summed E-state index contributed by atoms with van der Waals surface area (Å²) in [7, 11) is 0. The van der Waals surface area contributed by atoms with Crippen LogP contribution in [0, 0.1) is 0 Å². The van der Waals surface area contributed by atoms with Crippen LogP contribution in [0.1, 0.15) is 49.6 Å². The fraction of sp³-hybridized carbons (Fsp3) is 0.269. The number of ketones is 1. The number of aromatic nitrogens is 2. The molecule has 4 N–H and O–H groups in total. The minimum atomic E-state index is -0.331. The maximum absolute atomic E-state index is 13.0. The van der Waals surface area contributed by atoms with Crippen LogP contribution in [0.15, 0.2) is 66.0 Å². The van der Waals surface area contributed by atoms with E-state index < -0.39 is 0 Å². The number of aromatic hydroxyl groups is 1. The lowest BCUT2D eigenvalue weighted by molar-refractivity contribution is 0.0880. The van der Waals surface area contributed by atoms with Crippen molar-refractivity contribution in [1.82, 2.24) is 25.9 Å². The summed E-state index contributed by atoms with van der Waals surface area (Å²) in [5, 5.41) is 19.4. The number of carbonyl (C=O) groups is 3. The van der Waals surface area contributed by atoms with Crippen molar-refractivity contribution in [2.24, 2.45) is 0 Å². The van der Waals surface area contributed by atoms with Gasteiger partial charge in [-0.1, -0.05) is 12.1 Å². The molecule has 9 nitrogen and oxygen atoms in total. The summed E-state index contributed by atoms with van der Waals surface area (Å²) in [5.74, 6) is -1.04. The average molecular weight is 542 g/mol. The molecule has 0 radical (unpaired) electrons. The Balaban J connectivity index is 0.00000380. The fourth-order valence-electron chi connectivity index (χ4n) is 4.04. The van der Waals surface area contributed by atoms with Crippen molar-refractivity contribution in [3.8, 4) is 5.75 Å². The van der Waals surface area contributed by atoms with E-state index in [1.807, 2.05) is 6.26 Å². The van der Waals surface area contributed by atoms with Crippen LogP contribution in [0.3, 0.4) is 0 Å². The molecule has 4 rings (SSSR count). The highest BCUT2D eigenvalue weighted by Gasteiger charge is 2.27. The van der Waals surface area contributed by atoms with Gasteiger partial charge in [-0.25, -0.2) is 9.97 Å². The van der Waals surface area contributed by atoms with Gasteiger partial charge >= 0.3 is 0 Å². The predicted molar refractivity (Wildman–Crippen MR) is 144 cm³/mol. The number of hydrogen-bond acceptors (Lipinski definition) is 8. The largest absolute Gasteiger partial charge is 0.507 e. The zero-order valence-corrected chi connectivity index (χ0v) is 21.8. The average Bonchev–Trinajstić information content (AvgIpc) is 3.13. The van der Waals surface area contributed by atoms with E-state index in [2.05, 4.69) is 25.9 Å². The van der Waals surface area contributed by atoms with E-state index in [0.29, 0.717) is 24.1 Å². The zero-order valence-electron chi connectivity index (χ0n) is 20.1. The molecule has 1 saturated heterocycles. The summed E-state index contributed by atoms with van der Waals surface area (Å²) in [6.07, 6.45) is 6.24. The maximum Gasteiger partial charge on any atom is 0.270 e. The number of phenolic OH excluding ortho intramolecular Hbond substituents is 1. The van der Waals surface area contributed by atoms with Crippen LogP contribution in [0.2, 0.25) is 0 Å². The van der Waals surface area contributed by atoms with Crippen molar-refractivity contribution in [2.75, 3.05) is 19.3 Å². The molecule has 37 heavy (non-hydrogen) atoms. The number of rotatable bonds is 7. The number of nitrogens with zero attached hydrogens (tertiary/aromatic N) is 2. The zero-order chi connectivity index (χ0) is 25.5. The van der Waals surface area contributed by atoms with Gasteiger partial charge in [0.25, 0.3) is 11.8 Å². The summed E-state index contributed by atoms with van der Waals surface area (Å²) >= 11 is 1.48. The van der Waals surface area contributed by atoms with Crippen LogP contribution >= 0.6 is 24.2 Å². The van der Waals surface area contributed by atoms with Gasteiger partial charge in [0.05, 0.1) is 17.6 Å². The highest BCUT2D eigenvalue weighted by molar-refractivity contribution is 7.98. The lowest BCUT2D eigenvalue weighted by Crippen LogP contribution is -2.54. The fourth-order valence-corrected chi connectivity index (χ4v) is 4.48. The third kappa shape index (κ3) is 7.06. The summed E-state index contributed by atoms with van der Waals surface area (Å²) in [6, 6.07) is 12.1. The van der Waals surface area contributed by atoms with Gasteiger partial charge in [0.1, 0.15) is 17.8 Å². The van der Waals surface area contributed by atoms with Crippen LogP contribution in [0.4, 0.5) is 0 Å². The topological polar surface area (TPSA) is 133 Å². The third-order valence-corrected chi connectivity index (χ3v) is 6.75.